The van der Waals surface area contributed by atoms with E-state index in [0.717, 1.165) is 5.57 Å². The molecule has 1 aliphatic carbocycles. The number of hydrogen-bond donors (Lipinski definition) is 1. The minimum Gasteiger partial charge on any atom is -0.392 e. The first kappa shape index (κ1) is 14.2. The lowest BCUT2D eigenvalue weighted by molar-refractivity contribution is -0.192. The maximum Gasteiger partial charge on any atom is 0.164 e. The smallest absolute Gasteiger partial charge is 0.164 e. The molecule has 2 saturated heterocycles. The number of fused-ring (bicyclic) bond motifs is 2. The van der Waals surface area contributed by atoms with Gasteiger partial charge in [0.2, 0.25) is 0 Å². The van der Waals surface area contributed by atoms with Crippen molar-refractivity contribution in [1.82, 2.24) is 0 Å². The van der Waals surface area contributed by atoms with Crippen molar-refractivity contribution in [1.29, 1.82) is 0 Å². The van der Waals surface area contributed by atoms with Gasteiger partial charge in [0.15, 0.2) is 11.6 Å². The molecule has 2 heterocycles. The van der Waals surface area contributed by atoms with Crippen molar-refractivity contribution in [3.8, 4) is 0 Å². The van der Waals surface area contributed by atoms with E-state index < -0.39 is 17.2 Å². The molecule has 5 nitrogen and oxygen atoms in total. The highest BCUT2D eigenvalue weighted by Crippen LogP contribution is 2.47. The van der Waals surface area contributed by atoms with Gasteiger partial charge in [0.1, 0.15) is 17.8 Å². The summed E-state index contributed by atoms with van der Waals surface area (Å²) < 4.78 is 23.9. The maximum atomic E-state index is 9.15. The molecule has 0 aromatic carbocycles. The Morgan fingerprint density at radius 1 is 1.25 bits per heavy atom. The fourth-order valence-corrected chi connectivity index (χ4v) is 3.10. The molecule has 0 bridgehead atoms. The highest BCUT2D eigenvalue weighted by Gasteiger charge is 2.59. The van der Waals surface area contributed by atoms with Gasteiger partial charge in [-0.25, -0.2) is 0 Å². The van der Waals surface area contributed by atoms with E-state index in [1.54, 1.807) is 6.08 Å². The molecule has 0 unspecified atom stereocenters. The lowest BCUT2D eigenvalue weighted by Crippen LogP contribution is -2.52. The second kappa shape index (κ2) is 4.39. The Morgan fingerprint density at radius 2 is 2.00 bits per heavy atom. The topological polar surface area (TPSA) is 57.2 Å². The van der Waals surface area contributed by atoms with Crippen LogP contribution in [0.25, 0.3) is 0 Å². The van der Waals surface area contributed by atoms with Crippen LogP contribution in [0, 0.1) is 0 Å². The van der Waals surface area contributed by atoms with Crippen LogP contribution in [0.1, 0.15) is 27.7 Å². The molecule has 0 amide bonds. The van der Waals surface area contributed by atoms with Crippen LogP contribution in [0.2, 0.25) is 0 Å². The number of aliphatic hydroxyl groups is 1. The molecule has 3 aliphatic rings. The van der Waals surface area contributed by atoms with Gasteiger partial charge in [-0.15, -0.1) is 0 Å². The molecule has 2 fully saturated rings. The van der Waals surface area contributed by atoms with E-state index in [9.17, 15) is 0 Å². The monoisotopic (exact) mass is 282 g/mol. The summed E-state index contributed by atoms with van der Waals surface area (Å²) in [6.45, 7) is 7.97. The average Bonchev–Trinajstić information content (AvgIpc) is 2.82. The Labute approximate surface area is 119 Å². The molecule has 0 saturated carbocycles. The van der Waals surface area contributed by atoms with Gasteiger partial charge >= 0.3 is 0 Å². The molecule has 0 radical (unpaired) electrons. The molecule has 3 rings (SSSR count). The van der Waals surface area contributed by atoms with Crippen molar-refractivity contribution < 1.29 is 24.1 Å². The van der Waals surface area contributed by atoms with Gasteiger partial charge in [-0.3, -0.25) is 0 Å². The summed E-state index contributed by atoms with van der Waals surface area (Å²) in [4.78, 5) is 0. The zero-order valence-corrected chi connectivity index (χ0v) is 12.4. The normalized spacial score (nSPS) is 43.4. The number of rotatable bonds is 1. The quantitative estimate of drug-likeness (QED) is 0.790. The summed E-state index contributed by atoms with van der Waals surface area (Å²) in [5, 5.41) is 9.15. The van der Waals surface area contributed by atoms with Crippen molar-refractivity contribution in [3.63, 3.8) is 0 Å². The lowest BCUT2D eigenvalue weighted by atomic mass is 9.83. The van der Waals surface area contributed by atoms with Crippen LogP contribution in [0.4, 0.5) is 0 Å². The highest BCUT2D eigenvalue weighted by atomic mass is 16.8. The molecule has 2 aliphatic heterocycles. The van der Waals surface area contributed by atoms with E-state index in [4.69, 9.17) is 24.1 Å². The summed E-state index contributed by atoms with van der Waals surface area (Å²) in [7, 11) is 0. The Hall–Kier alpha value is -0.720. The standard InChI is InChI=1S/C15H22O5/c1-13(2)17-9-15(20-13)7-5-10(6-8-16)11-12(15)19-14(3,4)18-11/h5-7,11-12,16H,8-9H2,1-4H3/b10-6-/t11-,12-,15+/m0/s1. The highest BCUT2D eigenvalue weighted by molar-refractivity contribution is 5.36. The largest absolute Gasteiger partial charge is 0.392 e. The Kier molecular flexibility index (Phi) is 3.12. The zero-order valence-electron chi connectivity index (χ0n) is 12.4. The molecule has 112 valence electrons. The van der Waals surface area contributed by atoms with E-state index in [0.29, 0.717) is 6.61 Å². The molecule has 0 aromatic heterocycles. The molecular weight excluding hydrogens is 260 g/mol. The van der Waals surface area contributed by atoms with E-state index in [1.165, 1.54) is 0 Å². The molecule has 20 heavy (non-hydrogen) atoms. The van der Waals surface area contributed by atoms with Crippen molar-refractivity contribution in [3.05, 3.63) is 23.8 Å². The van der Waals surface area contributed by atoms with E-state index >= 15 is 0 Å². The van der Waals surface area contributed by atoms with Gasteiger partial charge in [-0.05, 0) is 39.3 Å². The van der Waals surface area contributed by atoms with Gasteiger partial charge in [0, 0.05) is 0 Å². The SMILES string of the molecule is CC1(C)O[C@H]2/C(=C\CO)C=C[C@@]3(COC(C)(C)O3)[C@H]2O1. The summed E-state index contributed by atoms with van der Waals surface area (Å²) in [6.07, 6.45) is 5.12. The van der Waals surface area contributed by atoms with Gasteiger partial charge in [-0.2, -0.15) is 0 Å². The predicted molar refractivity (Wildman–Crippen MR) is 72.0 cm³/mol. The molecule has 5 heteroatoms. The third kappa shape index (κ3) is 2.23. The van der Waals surface area contributed by atoms with Crippen molar-refractivity contribution in [2.75, 3.05) is 13.2 Å². The summed E-state index contributed by atoms with van der Waals surface area (Å²) >= 11 is 0. The summed E-state index contributed by atoms with van der Waals surface area (Å²) in [6, 6.07) is 0. The van der Waals surface area contributed by atoms with Crippen LogP contribution >= 0.6 is 0 Å². The van der Waals surface area contributed by atoms with Crippen molar-refractivity contribution >= 4 is 0 Å². The first-order chi connectivity index (χ1) is 9.27. The first-order valence-electron chi connectivity index (χ1n) is 6.97. The van der Waals surface area contributed by atoms with Crippen molar-refractivity contribution in [2.45, 2.75) is 57.1 Å². The zero-order chi connectivity index (χ0) is 14.6. The van der Waals surface area contributed by atoms with E-state index in [-0.39, 0.29) is 18.8 Å². The van der Waals surface area contributed by atoms with Gasteiger partial charge in [0.25, 0.3) is 0 Å². The van der Waals surface area contributed by atoms with E-state index in [2.05, 4.69) is 0 Å². The molecule has 1 N–H and O–H groups in total. The van der Waals surface area contributed by atoms with Gasteiger partial charge in [-0.1, -0.05) is 12.2 Å². The second-order valence-electron chi connectivity index (χ2n) is 6.44. The van der Waals surface area contributed by atoms with Crippen LogP contribution in [0.5, 0.6) is 0 Å². The minimum absolute atomic E-state index is 0.0253. The second-order valence-corrected chi connectivity index (χ2v) is 6.44. The number of hydrogen-bond acceptors (Lipinski definition) is 5. The van der Waals surface area contributed by atoms with Gasteiger partial charge < -0.3 is 24.1 Å². The van der Waals surface area contributed by atoms with Crippen LogP contribution < -0.4 is 0 Å². The summed E-state index contributed by atoms with van der Waals surface area (Å²) in [5.74, 6) is -1.32. The van der Waals surface area contributed by atoms with Crippen molar-refractivity contribution in [2.24, 2.45) is 0 Å². The molecule has 0 aromatic rings. The maximum absolute atomic E-state index is 9.15. The van der Waals surface area contributed by atoms with Crippen LogP contribution in [-0.2, 0) is 18.9 Å². The van der Waals surface area contributed by atoms with Crippen LogP contribution in [-0.4, -0.2) is 47.7 Å². The number of aliphatic hydroxyl groups excluding tert-OH is 1. The minimum atomic E-state index is -0.682. The van der Waals surface area contributed by atoms with Crippen LogP contribution in [0.15, 0.2) is 23.8 Å². The van der Waals surface area contributed by atoms with Crippen LogP contribution in [0.3, 0.4) is 0 Å². The fraction of sp³-hybridized carbons (Fsp3) is 0.733. The Bertz CT molecular complexity index is 465. The fourth-order valence-electron chi connectivity index (χ4n) is 3.10. The first-order valence-corrected chi connectivity index (χ1v) is 6.97. The average molecular weight is 282 g/mol. The Morgan fingerprint density at radius 3 is 2.60 bits per heavy atom. The third-order valence-corrected chi connectivity index (χ3v) is 3.87. The lowest BCUT2D eigenvalue weighted by Gasteiger charge is -2.37. The third-order valence-electron chi connectivity index (χ3n) is 3.87. The predicted octanol–water partition coefficient (Wildman–Crippen LogP) is 1.52. The molecular formula is C15H22O5. The Balaban J connectivity index is 1.98. The van der Waals surface area contributed by atoms with E-state index in [1.807, 2.05) is 39.8 Å². The molecule has 3 atom stereocenters. The summed E-state index contributed by atoms with van der Waals surface area (Å²) in [5.41, 5.74) is 0.288. The molecule has 1 spiro atoms. The number of ether oxygens (including phenoxy) is 4. The van der Waals surface area contributed by atoms with Gasteiger partial charge in [0.05, 0.1) is 13.2 Å².